The van der Waals surface area contributed by atoms with Crippen molar-refractivity contribution in [3.05, 3.63) is 84.1 Å². The van der Waals surface area contributed by atoms with Gasteiger partial charge in [0.05, 0.1) is 25.8 Å². The Morgan fingerprint density at radius 1 is 0.917 bits per heavy atom. The zero-order chi connectivity index (χ0) is 24.4. The van der Waals surface area contributed by atoms with Gasteiger partial charge in [-0.05, 0) is 36.5 Å². The molecule has 3 aromatic rings. The summed E-state index contributed by atoms with van der Waals surface area (Å²) in [7, 11) is 0. The van der Waals surface area contributed by atoms with Gasteiger partial charge in [0, 0.05) is 35.3 Å². The van der Waals surface area contributed by atoms with E-state index in [4.69, 9.17) is 9.40 Å². The summed E-state index contributed by atoms with van der Waals surface area (Å²) in [6, 6.07) is 20.9. The van der Waals surface area contributed by atoms with Crippen molar-refractivity contribution in [2.24, 2.45) is 17.8 Å². The van der Waals surface area contributed by atoms with Gasteiger partial charge in [-0.1, -0.05) is 67.8 Å². The van der Waals surface area contributed by atoms with Gasteiger partial charge in [0.15, 0.2) is 11.4 Å². The molecular formula is C31H39N2O2S+. The van der Waals surface area contributed by atoms with Crippen LogP contribution in [0.3, 0.4) is 0 Å². The second kappa shape index (κ2) is 10.4. The first-order valence-corrected chi connectivity index (χ1v) is 14.9. The van der Waals surface area contributed by atoms with Gasteiger partial charge < -0.3 is 14.0 Å². The Kier molecular flexibility index (Phi) is 6.98. The Morgan fingerprint density at radius 2 is 1.61 bits per heavy atom. The zero-order valence-corrected chi connectivity index (χ0v) is 22.0. The zero-order valence-electron chi connectivity index (χ0n) is 21.2. The predicted octanol–water partition coefficient (Wildman–Crippen LogP) is 6.64. The average molecular weight is 504 g/mol. The van der Waals surface area contributed by atoms with Crippen LogP contribution in [0.1, 0.15) is 62.2 Å². The van der Waals surface area contributed by atoms with E-state index >= 15 is 0 Å². The fraction of sp³-hybridized carbons (Fsp3) is 0.516. The number of hydrogen-bond acceptors (Lipinski definition) is 4. The van der Waals surface area contributed by atoms with Gasteiger partial charge in [-0.2, -0.15) is 0 Å². The molecule has 36 heavy (non-hydrogen) atoms. The fourth-order valence-electron chi connectivity index (χ4n) is 7.20. The molecule has 4 aliphatic rings. The van der Waals surface area contributed by atoms with E-state index in [1.54, 1.807) is 0 Å². The van der Waals surface area contributed by atoms with Crippen molar-refractivity contribution in [1.82, 2.24) is 4.98 Å². The molecule has 1 unspecified atom stereocenters. The molecular weight excluding hydrogens is 464 g/mol. The fourth-order valence-corrected chi connectivity index (χ4v) is 8.33. The molecule has 4 nitrogen and oxygen atoms in total. The molecule has 1 aromatic heterocycles. The number of fused-ring (bicyclic) bond motifs is 3. The Balaban J connectivity index is 1.20. The monoisotopic (exact) mass is 503 g/mol. The number of thioether (sulfide) groups is 1. The molecule has 2 aromatic carbocycles. The average Bonchev–Trinajstić information content (AvgIpc) is 3.42. The van der Waals surface area contributed by atoms with Crippen LogP contribution in [0.25, 0.3) is 0 Å². The van der Waals surface area contributed by atoms with Crippen LogP contribution < -0.4 is 0 Å². The normalized spacial score (nSPS) is 28.1. The first-order valence-electron chi connectivity index (χ1n) is 13.9. The van der Waals surface area contributed by atoms with E-state index < -0.39 is 5.60 Å². The third kappa shape index (κ3) is 4.78. The Morgan fingerprint density at radius 3 is 2.33 bits per heavy atom. The van der Waals surface area contributed by atoms with Crippen LogP contribution in [0, 0.1) is 17.8 Å². The van der Waals surface area contributed by atoms with Crippen LogP contribution in [0.4, 0.5) is 0 Å². The largest absolute Gasteiger partial charge is 0.436 e. The third-order valence-electron chi connectivity index (χ3n) is 9.22. The lowest BCUT2D eigenvalue weighted by molar-refractivity contribution is -0.959. The molecule has 0 spiro atoms. The van der Waals surface area contributed by atoms with Gasteiger partial charge in [-0.25, -0.2) is 4.98 Å². The maximum atomic E-state index is 12.2. The molecule has 2 bridgehead atoms. The van der Waals surface area contributed by atoms with E-state index in [2.05, 4.69) is 30.3 Å². The second-order valence-electron chi connectivity index (χ2n) is 11.5. The number of rotatable bonds is 8. The minimum atomic E-state index is -1.15. The first-order chi connectivity index (χ1) is 17.6. The maximum absolute atomic E-state index is 12.2. The van der Waals surface area contributed by atoms with E-state index in [1.165, 1.54) is 49.5 Å². The Bertz CT molecular complexity index is 1120. The van der Waals surface area contributed by atoms with E-state index in [-0.39, 0.29) is 5.92 Å². The number of hydrogen-bond donors (Lipinski definition) is 1. The summed E-state index contributed by atoms with van der Waals surface area (Å²) in [5, 5.41) is 12.2. The van der Waals surface area contributed by atoms with Crippen LogP contribution in [0.2, 0.25) is 0 Å². The topological polar surface area (TPSA) is 46.3 Å². The number of benzene rings is 2. The molecule has 2 atom stereocenters. The van der Waals surface area contributed by atoms with E-state index in [0.717, 1.165) is 59.9 Å². The smallest absolute Gasteiger partial charge is 0.231 e. The van der Waals surface area contributed by atoms with Crippen LogP contribution >= 0.6 is 11.8 Å². The molecule has 3 saturated heterocycles. The highest BCUT2D eigenvalue weighted by Gasteiger charge is 2.48. The molecule has 190 valence electrons. The lowest BCUT2D eigenvalue weighted by Crippen LogP contribution is -2.61. The highest BCUT2D eigenvalue weighted by molar-refractivity contribution is 7.99. The van der Waals surface area contributed by atoms with Crippen molar-refractivity contribution in [3.8, 4) is 0 Å². The molecule has 4 heterocycles. The lowest BCUT2D eigenvalue weighted by atomic mass is 9.73. The summed E-state index contributed by atoms with van der Waals surface area (Å²) in [6.45, 7) is 4.59. The van der Waals surface area contributed by atoms with Gasteiger partial charge in [-0.3, -0.25) is 0 Å². The first kappa shape index (κ1) is 24.3. The van der Waals surface area contributed by atoms with E-state index in [9.17, 15) is 5.11 Å². The van der Waals surface area contributed by atoms with Crippen LogP contribution in [0.15, 0.2) is 76.2 Å². The van der Waals surface area contributed by atoms with Gasteiger partial charge in [0.2, 0.25) is 5.89 Å². The van der Waals surface area contributed by atoms with Gasteiger partial charge in [-0.15, -0.1) is 11.8 Å². The van der Waals surface area contributed by atoms with Crippen molar-refractivity contribution in [2.45, 2.75) is 62.0 Å². The van der Waals surface area contributed by atoms with Gasteiger partial charge >= 0.3 is 0 Å². The van der Waals surface area contributed by atoms with Crippen molar-refractivity contribution < 1.29 is 14.0 Å². The van der Waals surface area contributed by atoms with Crippen LogP contribution in [0.5, 0.6) is 0 Å². The van der Waals surface area contributed by atoms with Gasteiger partial charge in [0.25, 0.3) is 0 Å². The predicted molar refractivity (Wildman–Crippen MR) is 144 cm³/mol. The van der Waals surface area contributed by atoms with Crippen molar-refractivity contribution in [3.63, 3.8) is 0 Å². The Labute approximate surface area is 219 Å². The number of aliphatic hydroxyl groups is 1. The van der Waals surface area contributed by atoms with E-state index in [1.807, 2.05) is 48.3 Å². The summed E-state index contributed by atoms with van der Waals surface area (Å²) in [4.78, 5) is 6.13. The number of nitrogens with zero attached hydrogens (tertiary/aromatic N) is 2. The minimum absolute atomic E-state index is 0.150. The van der Waals surface area contributed by atoms with Crippen molar-refractivity contribution >= 4 is 11.8 Å². The van der Waals surface area contributed by atoms with Crippen LogP contribution in [-0.4, -0.2) is 40.0 Å². The molecule has 0 radical (unpaired) electrons. The Hall–Kier alpha value is -2.08. The summed E-state index contributed by atoms with van der Waals surface area (Å²) in [5.41, 5.74) is -0.238. The summed E-state index contributed by atoms with van der Waals surface area (Å²) >= 11 is 2.01. The summed E-state index contributed by atoms with van der Waals surface area (Å²) in [5.74, 6) is 4.40. The second-order valence-corrected chi connectivity index (χ2v) is 12.5. The van der Waals surface area contributed by atoms with Crippen LogP contribution in [-0.2, 0) is 12.1 Å². The third-order valence-corrected chi connectivity index (χ3v) is 10.4. The number of piperidine rings is 3. The molecule has 5 heteroatoms. The molecule has 1 saturated carbocycles. The molecule has 1 aliphatic carbocycles. The number of oxazole rings is 1. The molecule has 4 fully saturated rings. The highest BCUT2D eigenvalue weighted by atomic mass is 32.2. The highest BCUT2D eigenvalue weighted by Crippen LogP contribution is 2.45. The molecule has 0 amide bonds. The summed E-state index contributed by atoms with van der Waals surface area (Å²) in [6.07, 6.45) is 10.2. The molecule has 7 rings (SSSR count). The SMILES string of the molecule is O[C@](c1ccccc1)(c1ncc(C[N+]23CCC(CC2)C(CSc2ccccc2)C3)o1)C1CCCCC1. The van der Waals surface area contributed by atoms with E-state index in [0.29, 0.717) is 5.89 Å². The number of aromatic nitrogens is 1. The standard InChI is InChI=1S/C31H39N2O2S/c34-31(26-10-4-1-5-11-26,27-12-6-2-7-13-27)30-32-20-28(35-30)22-33-18-16-24(17-19-33)25(21-33)23-36-29-14-8-3-9-15-29/h1,3-5,8-11,14-15,20,24-25,27,34H,2,6-7,12-13,16-19,21-23H2/q+1/t24?,25?,31-,33?/m0/s1. The quantitative estimate of drug-likeness (QED) is 0.276. The van der Waals surface area contributed by atoms with Crippen molar-refractivity contribution in [1.29, 1.82) is 0 Å². The van der Waals surface area contributed by atoms with Gasteiger partial charge in [0.1, 0.15) is 6.54 Å². The lowest BCUT2D eigenvalue weighted by Gasteiger charge is -2.52. The number of quaternary nitrogens is 1. The summed E-state index contributed by atoms with van der Waals surface area (Å²) < 4.78 is 7.60. The maximum Gasteiger partial charge on any atom is 0.231 e. The minimum Gasteiger partial charge on any atom is -0.436 e. The molecule has 1 N–H and O–H groups in total. The molecule has 3 aliphatic heterocycles. The van der Waals surface area contributed by atoms with Crippen molar-refractivity contribution in [2.75, 3.05) is 25.4 Å².